The molecule has 0 aromatic rings. The number of hydrogen-bond acceptors (Lipinski definition) is 3. The highest BCUT2D eigenvalue weighted by Crippen LogP contribution is 2.21. The molecule has 1 heterocycles. The Labute approximate surface area is 80.1 Å². The van der Waals surface area contributed by atoms with Gasteiger partial charge in [0.25, 0.3) is 0 Å². The van der Waals surface area contributed by atoms with Gasteiger partial charge in [-0.3, -0.25) is 0 Å². The molecule has 0 spiro atoms. The lowest BCUT2D eigenvalue weighted by molar-refractivity contribution is 0.245. The maximum absolute atomic E-state index is 11.4. The molecule has 0 amide bonds. The van der Waals surface area contributed by atoms with Crippen molar-refractivity contribution in [3.05, 3.63) is 0 Å². The Bertz CT molecular complexity index is 249. The van der Waals surface area contributed by atoms with Crippen LogP contribution in [0.5, 0.6) is 0 Å². The largest absolute Gasteiger partial charge is 0.330 e. The Morgan fingerprint density at radius 1 is 1.46 bits per heavy atom. The lowest BCUT2D eigenvalue weighted by atomic mass is 10.0. The van der Waals surface area contributed by atoms with Crippen molar-refractivity contribution in [2.24, 2.45) is 5.73 Å². The van der Waals surface area contributed by atoms with Crippen LogP contribution in [0.1, 0.15) is 25.7 Å². The summed E-state index contributed by atoms with van der Waals surface area (Å²) in [4.78, 5) is 0. The van der Waals surface area contributed by atoms with Crippen molar-refractivity contribution in [2.45, 2.75) is 31.7 Å². The van der Waals surface area contributed by atoms with Crippen LogP contribution in [-0.4, -0.2) is 38.1 Å². The standard InChI is InChI=1S/C8H18N2O2S/c1-13(11,12)10-7-3-2-4-8(10)5-6-9/h8H,2-7,9H2,1H3/t8-/m1/s1. The molecule has 13 heavy (non-hydrogen) atoms. The number of nitrogens with two attached hydrogens (primary N) is 1. The van der Waals surface area contributed by atoms with E-state index in [-0.39, 0.29) is 6.04 Å². The van der Waals surface area contributed by atoms with Gasteiger partial charge in [0.1, 0.15) is 0 Å². The van der Waals surface area contributed by atoms with E-state index in [4.69, 9.17) is 5.73 Å². The van der Waals surface area contributed by atoms with Crippen LogP contribution in [-0.2, 0) is 10.0 Å². The molecule has 0 aromatic carbocycles. The van der Waals surface area contributed by atoms with Crippen molar-refractivity contribution in [3.63, 3.8) is 0 Å². The normalized spacial score (nSPS) is 26.2. The fourth-order valence-corrected chi connectivity index (χ4v) is 3.10. The summed E-state index contributed by atoms with van der Waals surface area (Å²) < 4.78 is 24.3. The maximum atomic E-state index is 11.4. The van der Waals surface area contributed by atoms with Gasteiger partial charge in [0.2, 0.25) is 10.0 Å². The summed E-state index contributed by atoms with van der Waals surface area (Å²) in [5.74, 6) is 0. The fraction of sp³-hybridized carbons (Fsp3) is 1.00. The summed E-state index contributed by atoms with van der Waals surface area (Å²) in [5.41, 5.74) is 5.44. The average Bonchev–Trinajstić information content (AvgIpc) is 2.04. The van der Waals surface area contributed by atoms with Crippen LogP contribution in [0.4, 0.5) is 0 Å². The molecule has 4 nitrogen and oxygen atoms in total. The molecule has 0 bridgehead atoms. The number of hydrogen-bond donors (Lipinski definition) is 1. The number of rotatable bonds is 3. The van der Waals surface area contributed by atoms with Gasteiger partial charge in [0.05, 0.1) is 6.26 Å². The molecular formula is C8H18N2O2S. The van der Waals surface area contributed by atoms with Gasteiger partial charge in [-0.2, -0.15) is 4.31 Å². The molecular weight excluding hydrogens is 188 g/mol. The average molecular weight is 206 g/mol. The molecule has 0 unspecified atom stereocenters. The van der Waals surface area contributed by atoms with E-state index < -0.39 is 10.0 Å². The third-order valence-corrected chi connectivity index (χ3v) is 3.83. The summed E-state index contributed by atoms with van der Waals surface area (Å²) in [5, 5.41) is 0. The van der Waals surface area contributed by atoms with Crippen molar-refractivity contribution in [2.75, 3.05) is 19.3 Å². The zero-order valence-corrected chi connectivity index (χ0v) is 8.89. The van der Waals surface area contributed by atoms with E-state index in [1.165, 1.54) is 6.26 Å². The van der Waals surface area contributed by atoms with Crippen LogP contribution in [0, 0.1) is 0 Å². The van der Waals surface area contributed by atoms with Gasteiger partial charge < -0.3 is 5.73 Å². The van der Waals surface area contributed by atoms with Gasteiger partial charge >= 0.3 is 0 Å². The third-order valence-electron chi connectivity index (χ3n) is 2.50. The van der Waals surface area contributed by atoms with Crippen molar-refractivity contribution < 1.29 is 8.42 Å². The smallest absolute Gasteiger partial charge is 0.211 e. The van der Waals surface area contributed by atoms with Crippen LogP contribution in [0.2, 0.25) is 0 Å². The molecule has 1 saturated heterocycles. The summed E-state index contributed by atoms with van der Waals surface area (Å²) in [6.45, 7) is 1.24. The van der Waals surface area contributed by atoms with Gasteiger partial charge in [0.15, 0.2) is 0 Å². The Hall–Kier alpha value is -0.130. The van der Waals surface area contributed by atoms with Gasteiger partial charge in [0, 0.05) is 12.6 Å². The van der Waals surface area contributed by atoms with E-state index in [9.17, 15) is 8.42 Å². The van der Waals surface area contributed by atoms with E-state index in [2.05, 4.69) is 0 Å². The minimum Gasteiger partial charge on any atom is -0.330 e. The first-order valence-electron chi connectivity index (χ1n) is 4.72. The first kappa shape index (κ1) is 10.9. The molecule has 78 valence electrons. The van der Waals surface area contributed by atoms with Crippen LogP contribution >= 0.6 is 0 Å². The van der Waals surface area contributed by atoms with E-state index in [0.29, 0.717) is 13.1 Å². The molecule has 1 rings (SSSR count). The molecule has 5 heteroatoms. The van der Waals surface area contributed by atoms with E-state index in [0.717, 1.165) is 25.7 Å². The van der Waals surface area contributed by atoms with Gasteiger partial charge in [-0.25, -0.2) is 8.42 Å². The highest BCUT2D eigenvalue weighted by molar-refractivity contribution is 7.88. The van der Waals surface area contributed by atoms with Gasteiger partial charge in [-0.05, 0) is 25.8 Å². The molecule has 1 atom stereocenters. The van der Waals surface area contributed by atoms with Crippen LogP contribution < -0.4 is 5.73 Å². The highest BCUT2D eigenvalue weighted by Gasteiger charge is 2.28. The van der Waals surface area contributed by atoms with Gasteiger partial charge in [-0.1, -0.05) is 6.42 Å². The van der Waals surface area contributed by atoms with Crippen LogP contribution in [0.3, 0.4) is 0 Å². The molecule has 2 N–H and O–H groups in total. The molecule has 0 radical (unpaired) electrons. The van der Waals surface area contributed by atoms with Crippen molar-refractivity contribution in [1.29, 1.82) is 0 Å². The molecule has 0 saturated carbocycles. The molecule has 0 aliphatic carbocycles. The van der Waals surface area contributed by atoms with Crippen molar-refractivity contribution in [3.8, 4) is 0 Å². The predicted molar refractivity (Wildman–Crippen MR) is 52.9 cm³/mol. The number of sulfonamides is 1. The predicted octanol–water partition coefficient (Wildman–Crippen LogP) is 0.149. The minimum atomic E-state index is -3.02. The monoisotopic (exact) mass is 206 g/mol. The van der Waals surface area contributed by atoms with Crippen LogP contribution in [0.15, 0.2) is 0 Å². The molecule has 1 fully saturated rings. The second kappa shape index (κ2) is 4.39. The zero-order chi connectivity index (χ0) is 9.90. The second-order valence-electron chi connectivity index (χ2n) is 3.60. The van der Waals surface area contributed by atoms with Crippen LogP contribution in [0.25, 0.3) is 0 Å². The Morgan fingerprint density at radius 3 is 2.69 bits per heavy atom. The minimum absolute atomic E-state index is 0.147. The first-order valence-corrected chi connectivity index (χ1v) is 6.57. The van der Waals surface area contributed by atoms with E-state index >= 15 is 0 Å². The third kappa shape index (κ3) is 2.93. The molecule has 0 aromatic heterocycles. The highest BCUT2D eigenvalue weighted by atomic mass is 32.2. The zero-order valence-electron chi connectivity index (χ0n) is 8.07. The summed E-state index contributed by atoms with van der Waals surface area (Å²) in [7, 11) is -3.02. The summed E-state index contributed by atoms with van der Waals surface area (Å²) in [6, 6.07) is 0.147. The summed E-state index contributed by atoms with van der Waals surface area (Å²) >= 11 is 0. The SMILES string of the molecule is CS(=O)(=O)N1CCCC[C@@H]1CCN. The maximum Gasteiger partial charge on any atom is 0.211 e. The van der Waals surface area contributed by atoms with Crippen molar-refractivity contribution >= 4 is 10.0 Å². The lowest BCUT2D eigenvalue weighted by Crippen LogP contribution is -2.43. The second-order valence-corrected chi connectivity index (χ2v) is 5.54. The number of piperidine rings is 1. The van der Waals surface area contributed by atoms with E-state index in [1.54, 1.807) is 4.31 Å². The Balaban J connectivity index is 2.67. The number of nitrogens with zero attached hydrogens (tertiary/aromatic N) is 1. The van der Waals surface area contributed by atoms with Crippen molar-refractivity contribution in [1.82, 2.24) is 4.31 Å². The molecule has 1 aliphatic rings. The lowest BCUT2D eigenvalue weighted by Gasteiger charge is -2.33. The topological polar surface area (TPSA) is 63.4 Å². The quantitative estimate of drug-likeness (QED) is 0.715. The van der Waals surface area contributed by atoms with E-state index in [1.807, 2.05) is 0 Å². The summed E-state index contributed by atoms with van der Waals surface area (Å²) in [6.07, 6.45) is 5.13. The van der Waals surface area contributed by atoms with Gasteiger partial charge in [-0.15, -0.1) is 0 Å². The molecule has 1 aliphatic heterocycles. The Kier molecular flexibility index (Phi) is 3.70. The first-order chi connectivity index (χ1) is 6.05. The fourth-order valence-electron chi connectivity index (χ4n) is 1.89. The Morgan fingerprint density at radius 2 is 2.15 bits per heavy atom.